The van der Waals surface area contributed by atoms with Crippen LogP contribution >= 0.6 is 24.8 Å². The molecule has 22 heavy (non-hydrogen) atoms. The van der Waals surface area contributed by atoms with E-state index in [0.29, 0.717) is 11.5 Å². The maximum absolute atomic E-state index is 11.0. The van der Waals surface area contributed by atoms with Crippen LogP contribution in [0.4, 0.5) is 0 Å². The minimum absolute atomic E-state index is 0. The van der Waals surface area contributed by atoms with Gasteiger partial charge in [0.25, 0.3) is 0 Å². The molecule has 0 aromatic heterocycles. The van der Waals surface area contributed by atoms with Crippen molar-refractivity contribution in [2.24, 2.45) is 11.7 Å². The molecule has 0 radical (unpaired) electrons. The molecule has 1 aliphatic heterocycles. The number of carboxylic acid groups (broad SMARTS) is 1. The van der Waals surface area contributed by atoms with Crippen molar-refractivity contribution < 1.29 is 9.90 Å². The Balaban J connectivity index is 0.00000220. The first-order valence-electron chi connectivity index (χ1n) is 7.17. The molecule has 1 fully saturated rings. The second-order valence-electron chi connectivity index (χ2n) is 6.59. The Labute approximate surface area is 144 Å². The number of hydrogen-bond donors (Lipinski definition) is 2. The molecule has 1 aromatic carbocycles. The van der Waals surface area contributed by atoms with Gasteiger partial charge in [-0.05, 0) is 56.8 Å². The first-order valence-corrected chi connectivity index (χ1v) is 7.17. The zero-order valence-corrected chi connectivity index (χ0v) is 14.8. The van der Waals surface area contributed by atoms with Crippen molar-refractivity contribution in [3.63, 3.8) is 0 Å². The standard InChI is InChI=1S/C16H24N2O2.2ClH/c1-16(2,17)11-18-7-6-13(10-18)8-12-4-3-5-14(9-12)15(19)20;;/h3-5,9,13H,6-8,10-11,17H2,1-2H3,(H,19,20);2*1H. The van der Waals surface area contributed by atoms with Crippen LogP contribution in [0.3, 0.4) is 0 Å². The Morgan fingerprint density at radius 2 is 2.09 bits per heavy atom. The lowest BCUT2D eigenvalue weighted by Crippen LogP contribution is -2.44. The number of hydrogen-bond acceptors (Lipinski definition) is 3. The Morgan fingerprint density at radius 1 is 1.41 bits per heavy atom. The second kappa shape index (κ2) is 8.73. The van der Waals surface area contributed by atoms with Gasteiger partial charge in [0.1, 0.15) is 0 Å². The number of carboxylic acids is 1. The average molecular weight is 349 g/mol. The summed E-state index contributed by atoms with van der Waals surface area (Å²) in [5, 5.41) is 9.02. The molecular formula is C16H26Cl2N2O2. The lowest BCUT2D eigenvalue weighted by atomic mass is 9.97. The monoisotopic (exact) mass is 348 g/mol. The van der Waals surface area contributed by atoms with Crippen molar-refractivity contribution in [1.29, 1.82) is 0 Å². The zero-order chi connectivity index (χ0) is 14.8. The van der Waals surface area contributed by atoms with E-state index in [1.165, 1.54) is 0 Å². The molecule has 0 spiro atoms. The quantitative estimate of drug-likeness (QED) is 0.858. The van der Waals surface area contributed by atoms with E-state index in [4.69, 9.17) is 10.8 Å². The van der Waals surface area contributed by atoms with E-state index in [2.05, 4.69) is 18.7 Å². The third kappa shape index (κ3) is 6.53. The normalized spacial score (nSPS) is 18.4. The van der Waals surface area contributed by atoms with Crippen LogP contribution in [-0.4, -0.2) is 41.1 Å². The third-order valence-corrected chi connectivity index (χ3v) is 3.70. The highest BCUT2D eigenvalue weighted by atomic mass is 35.5. The van der Waals surface area contributed by atoms with Crippen LogP contribution < -0.4 is 5.73 Å². The van der Waals surface area contributed by atoms with E-state index < -0.39 is 5.97 Å². The predicted molar refractivity (Wildman–Crippen MR) is 94.4 cm³/mol. The summed E-state index contributed by atoms with van der Waals surface area (Å²) in [7, 11) is 0. The highest BCUT2D eigenvalue weighted by molar-refractivity contribution is 5.87. The number of nitrogens with two attached hydrogens (primary N) is 1. The summed E-state index contributed by atoms with van der Waals surface area (Å²) in [5.74, 6) is -0.258. The van der Waals surface area contributed by atoms with Crippen molar-refractivity contribution in [2.45, 2.75) is 32.2 Å². The van der Waals surface area contributed by atoms with Gasteiger partial charge in [-0.2, -0.15) is 0 Å². The van der Waals surface area contributed by atoms with Gasteiger partial charge >= 0.3 is 5.97 Å². The second-order valence-corrected chi connectivity index (χ2v) is 6.59. The van der Waals surface area contributed by atoms with E-state index in [-0.39, 0.29) is 30.4 Å². The minimum Gasteiger partial charge on any atom is -0.478 e. The number of benzene rings is 1. The van der Waals surface area contributed by atoms with E-state index in [0.717, 1.165) is 38.0 Å². The summed E-state index contributed by atoms with van der Waals surface area (Å²) < 4.78 is 0. The predicted octanol–water partition coefficient (Wildman–Crippen LogP) is 2.83. The van der Waals surface area contributed by atoms with Gasteiger partial charge in [0.15, 0.2) is 0 Å². The van der Waals surface area contributed by atoms with Crippen LogP contribution in [0.2, 0.25) is 0 Å². The molecular weight excluding hydrogens is 323 g/mol. The number of aromatic carboxylic acids is 1. The van der Waals surface area contributed by atoms with Crippen LogP contribution in [0, 0.1) is 5.92 Å². The molecule has 1 atom stereocenters. The van der Waals surface area contributed by atoms with Gasteiger partial charge in [0, 0.05) is 18.6 Å². The molecule has 1 aromatic rings. The van der Waals surface area contributed by atoms with E-state index in [1.807, 2.05) is 12.1 Å². The fourth-order valence-electron chi connectivity index (χ4n) is 2.96. The highest BCUT2D eigenvalue weighted by Crippen LogP contribution is 2.22. The van der Waals surface area contributed by atoms with E-state index in [1.54, 1.807) is 12.1 Å². The van der Waals surface area contributed by atoms with Gasteiger partial charge < -0.3 is 15.7 Å². The summed E-state index contributed by atoms with van der Waals surface area (Å²) in [6, 6.07) is 7.28. The van der Waals surface area contributed by atoms with Gasteiger partial charge in [0.05, 0.1) is 5.56 Å². The van der Waals surface area contributed by atoms with Crippen LogP contribution in [0.5, 0.6) is 0 Å². The zero-order valence-electron chi connectivity index (χ0n) is 13.1. The average Bonchev–Trinajstić information content (AvgIpc) is 2.74. The van der Waals surface area contributed by atoms with Gasteiger partial charge in [-0.25, -0.2) is 4.79 Å². The molecule has 1 unspecified atom stereocenters. The molecule has 0 saturated carbocycles. The van der Waals surface area contributed by atoms with Crippen molar-refractivity contribution in [3.8, 4) is 0 Å². The van der Waals surface area contributed by atoms with Gasteiger partial charge in [-0.3, -0.25) is 0 Å². The summed E-state index contributed by atoms with van der Waals surface area (Å²) in [5.41, 5.74) is 7.39. The lowest BCUT2D eigenvalue weighted by Gasteiger charge is -2.26. The molecule has 2 rings (SSSR count). The Hall–Kier alpha value is -0.810. The number of likely N-dealkylation sites (tertiary alicyclic amines) is 1. The van der Waals surface area contributed by atoms with Gasteiger partial charge in [0.2, 0.25) is 0 Å². The van der Waals surface area contributed by atoms with Crippen LogP contribution in [0.25, 0.3) is 0 Å². The molecule has 126 valence electrons. The van der Waals surface area contributed by atoms with Crippen molar-refractivity contribution in [2.75, 3.05) is 19.6 Å². The maximum Gasteiger partial charge on any atom is 0.335 e. The molecule has 0 bridgehead atoms. The number of rotatable bonds is 5. The van der Waals surface area contributed by atoms with Crippen molar-refractivity contribution >= 4 is 30.8 Å². The summed E-state index contributed by atoms with van der Waals surface area (Å²) >= 11 is 0. The molecule has 4 nitrogen and oxygen atoms in total. The smallest absolute Gasteiger partial charge is 0.335 e. The highest BCUT2D eigenvalue weighted by Gasteiger charge is 2.26. The van der Waals surface area contributed by atoms with Crippen LogP contribution in [0.1, 0.15) is 36.2 Å². The summed E-state index contributed by atoms with van der Waals surface area (Å²) in [6.07, 6.45) is 2.11. The first kappa shape index (κ1) is 21.2. The molecule has 0 aliphatic carbocycles. The van der Waals surface area contributed by atoms with Crippen molar-refractivity contribution in [3.05, 3.63) is 35.4 Å². The Morgan fingerprint density at radius 3 is 2.68 bits per heavy atom. The third-order valence-electron chi connectivity index (χ3n) is 3.70. The fraction of sp³-hybridized carbons (Fsp3) is 0.562. The number of carbonyl (C=O) groups is 1. The summed E-state index contributed by atoms with van der Waals surface area (Å²) in [6.45, 7) is 7.16. The first-order chi connectivity index (χ1) is 9.33. The van der Waals surface area contributed by atoms with E-state index >= 15 is 0 Å². The minimum atomic E-state index is -0.857. The Bertz CT molecular complexity index is 489. The van der Waals surface area contributed by atoms with Gasteiger partial charge in [-0.15, -0.1) is 24.8 Å². The Kier molecular flexibility index (Phi) is 8.40. The fourth-order valence-corrected chi connectivity index (χ4v) is 2.96. The molecule has 3 N–H and O–H groups in total. The van der Waals surface area contributed by atoms with Crippen molar-refractivity contribution in [1.82, 2.24) is 4.90 Å². The maximum atomic E-state index is 11.0. The SMILES string of the molecule is CC(C)(N)CN1CCC(Cc2cccc(C(=O)O)c2)C1.Cl.Cl. The topological polar surface area (TPSA) is 66.6 Å². The van der Waals surface area contributed by atoms with E-state index in [9.17, 15) is 4.79 Å². The molecule has 6 heteroatoms. The molecule has 1 heterocycles. The van der Waals surface area contributed by atoms with Gasteiger partial charge in [-0.1, -0.05) is 12.1 Å². The molecule has 1 saturated heterocycles. The largest absolute Gasteiger partial charge is 0.478 e. The summed E-state index contributed by atoms with van der Waals surface area (Å²) in [4.78, 5) is 13.4. The molecule has 0 amide bonds. The number of nitrogens with zero attached hydrogens (tertiary/aromatic N) is 1. The van der Waals surface area contributed by atoms with Crippen LogP contribution in [-0.2, 0) is 6.42 Å². The van der Waals surface area contributed by atoms with Crippen LogP contribution in [0.15, 0.2) is 24.3 Å². The molecule has 1 aliphatic rings. The number of halogens is 2. The lowest BCUT2D eigenvalue weighted by molar-refractivity contribution is 0.0696.